The van der Waals surface area contributed by atoms with Gasteiger partial charge in [-0.1, -0.05) is 32.4 Å². The van der Waals surface area contributed by atoms with Crippen molar-refractivity contribution in [2.24, 2.45) is 5.92 Å². The zero-order valence-electron chi connectivity index (χ0n) is 13.8. The number of ether oxygens (including phenoxy) is 1. The van der Waals surface area contributed by atoms with E-state index < -0.39 is 0 Å². The first kappa shape index (κ1) is 17.0. The highest BCUT2D eigenvalue weighted by Gasteiger charge is 2.22. The Morgan fingerprint density at radius 3 is 2.25 bits per heavy atom. The zero-order valence-corrected chi connectivity index (χ0v) is 13.8. The molecular formula is C17H30N2O. The van der Waals surface area contributed by atoms with Gasteiger partial charge in [-0.05, 0) is 44.6 Å². The summed E-state index contributed by atoms with van der Waals surface area (Å²) in [7, 11) is 5.94. The number of hydrogen-bond acceptors (Lipinski definition) is 3. The van der Waals surface area contributed by atoms with Crippen molar-refractivity contribution in [1.82, 2.24) is 10.2 Å². The van der Waals surface area contributed by atoms with Crippen LogP contribution in [0.15, 0.2) is 24.3 Å². The van der Waals surface area contributed by atoms with Crippen LogP contribution in [0.2, 0.25) is 0 Å². The van der Waals surface area contributed by atoms with Crippen LogP contribution in [0.1, 0.15) is 38.8 Å². The lowest BCUT2D eigenvalue weighted by Crippen LogP contribution is -2.41. The summed E-state index contributed by atoms with van der Waals surface area (Å²) in [6.07, 6.45) is 1.23. The minimum absolute atomic E-state index is 0.329. The van der Waals surface area contributed by atoms with Gasteiger partial charge in [0.2, 0.25) is 0 Å². The second-order valence-corrected chi connectivity index (χ2v) is 5.73. The predicted molar refractivity (Wildman–Crippen MR) is 86.3 cm³/mol. The first-order valence-electron chi connectivity index (χ1n) is 7.54. The van der Waals surface area contributed by atoms with E-state index in [1.165, 1.54) is 12.0 Å². The van der Waals surface area contributed by atoms with Gasteiger partial charge in [-0.25, -0.2) is 0 Å². The normalized spacial score (nSPS) is 15.9. The molecule has 3 unspecified atom stereocenters. The summed E-state index contributed by atoms with van der Waals surface area (Å²) in [5.74, 6) is 1.64. The molecule has 0 aliphatic carbocycles. The van der Waals surface area contributed by atoms with Crippen LogP contribution in [-0.2, 0) is 0 Å². The Kier molecular flexibility index (Phi) is 7.03. The van der Waals surface area contributed by atoms with Crippen molar-refractivity contribution in [2.45, 2.75) is 39.3 Å². The number of nitrogens with zero attached hydrogens (tertiary/aromatic N) is 1. The summed E-state index contributed by atoms with van der Waals surface area (Å²) in [4.78, 5) is 2.44. The maximum absolute atomic E-state index is 5.23. The molecule has 3 heteroatoms. The Morgan fingerprint density at radius 1 is 1.20 bits per heavy atom. The standard InChI is InChI=1S/C17H30N2O/c1-7-13(2)12-19(5)14(3)17(18-4)15-8-10-16(20-6)11-9-15/h8-11,13-14,17-18H,7,12H2,1-6H3. The molecule has 1 N–H and O–H groups in total. The molecule has 114 valence electrons. The van der Waals surface area contributed by atoms with E-state index in [0.717, 1.165) is 18.2 Å². The van der Waals surface area contributed by atoms with Gasteiger partial charge in [0.15, 0.2) is 0 Å². The summed E-state index contributed by atoms with van der Waals surface area (Å²) < 4.78 is 5.23. The second kappa shape index (κ2) is 8.28. The van der Waals surface area contributed by atoms with Crippen LogP contribution in [0.3, 0.4) is 0 Å². The molecular weight excluding hydrogens is 248 g/mol. The largest absolute Gasteiger partial charge is 0.497 e. The fourth-order valence-electron chi connectivity index (χ4n) is 2.54. The van der Waals surface area contributed by atoms with Crippen LogP contribution >= 0.6 is 0 Å². The van der Waals surface area contributed by atoms with E-state index in [1.54, 1.807) is 7.11 Å². The highest BCUT2D eigenvalue weighted by atomic mass is 16.5. The number of benzene rings is 1. The van der Waals surface area contributed by atoms with E-state index >= 15 is 0 Å². The number of methoxy groups -OCH3 is 1. The third-order valence-electron chi connectivity index (χ3n) is 4.26. The monoisotopic (exact) mass is 278 g/mol. The molecule has 1 aromatic rings. The molecule has 0 saturated heterocycles. The van der Waals surface area contributed by atoms with Gasteiger partial charge in [-0.15, -0.1) is 0 Å². The lowest BCUT2D eigenvalue weighted by atomic mass is 9.98. The van der Waals surface area contributed by atoms with Crippen LogP contribution in [-0.4, -0.2) is 38.7 Å². The smallest absolute Gasteiger partial charge is 0.118 e. The number of hydrogen-bond donors (Lipinski definition) is 1. The number of likely N-dealkylation sites (N-methyl/N-ethyl adjacent to an activating group) is 2. The first-order chi connectivity index (χ1) is 9.53. The van der Waals surface area contributed by atoms with Crippen molar-refractivity contribution in [3.8, 4) is 5.75 Å². The average Bonchev–Trinajstić information content (AvgIpc) is 2.48. The van der Waals surface area contributed by atoms with E-state index in [2.05, 4.69) is 50.2 Å². The molecule has 0 aliphatic heterocycles. The maximum atomic E-state index is 5.23. The number of rotatable bonds is 8. The Morgan fingerprint density at radius 2 is 1.80 bits per heavy atom. The van der Waals surface area contributed by atoms with Gasteiger partial charge in [-0.2, -0.15) is 0 Å². The molecule has 0 spiro atoms. The van der Waals surface area contributed by atoms with Gasteiger partial charge in [-0.3, -0.25) is 0 Å². The Balaban J connectivity index is 2.77. The van der Waals surface area contributed by atoms with Crippen molar-refractivity contribution in [2.75, 3.05) is 27.7 Å². The molecule has 1 aromatic carbocycles. The van der Waals surface area contributed by atoms with E-state index in [-0.39, 0.29) is 0 Å². The van der Waals surface area contributed by atoms with Crippen LogP contribution in [0.4, 0.5) is 0 Å². The van der Waals surface area contributed by atoms with Gasteiger partial charge in [0, 0.05) is 18.6 Å². The minimum atomic E-state index is 0.329. The van der Waals surface area contributed by atoms with E-state index in [0.29, 0.717) is 12.1 Å². The van der Waals surface area contributed by atoms with Crippen molar-refractivity contribution in [3.05, 3.63) is 29.8 Å². The molecule has 0 aromatic heterocycles. The Hall–Kier alpha value is -1.06. The molecule has 0 radical (unpaired) electrons. The van der Waals surface area contributed by atoms with Crippen molar-refractivity contribution >= 4 is 0 Å². The van der Waals surface area contributed by atoms with Gasteiger partial charge >= 0.3 is 0 Å². The molecule has 0 fully saturated rings. The van der Waals surface area contributed by atoms with Gasteiger partial charge in [0.1, 0.15) is 5.75 Å². The summed E-state index contributed by atoms with van der Waals surface area (Å²) in [5, 5.41) is 3.45. The number of nitrogens with one attached hydrogen (secondary N) is 1. The minimum Gasteiger partial charge on any atom is -0.497 e. The fourth-order valence-corrected chi connectivity index (χ4v) is 2.54. The molecule has 0 bridgehead atoms. The third kappa shape index (κ3) is 4.50. The molecule has 0 aliphatic rings. The average molecular weight is 278 g/mol. The van der Waals surface area contributed by atoms with E-state index in [1.807, 2.05) is 19.2 Å². The van der Waals surface area contributed by atoms with Crippen molar-refractivity contribution < 1.29 is 4.74 Å². The van der Waals surface area contributed by atoms with Gasteiger partial charge < -0.3 is 15.0 Å². The first-order valence-corrected chi connectivity index (χ1v) is 7.54. The summed E-state index contributed by atoms with van der Waals surface area (Å²) >= 11 is 0. The highest BCUT2D eigenvalue weighted by molar-refractivity contribution is 5.29. The molecule has 3 nitrogen and oxygen atoms in total. The molecule has 3 atom stereocenters. The van der Waals surface area contributed by atoms with Gasteiger partial charge in [0.25, 0.3) is 0 Å². The molecule has 0 amide bonds. The summed E-state index contributed by atoms with van der Waals surface area (Å²) in [5.41, 5.74) is 1.30. The predicted octanol–water partition coefficient (Wildman–Crippen LogP) is 3.32. The summed E-state index contributed by atoms with van der Waals surface area (Å²) in [6.45, 7) is 7.98. The quantitative estimate of drug-likeness (QED) is 0.789. The topological polar surface area (TPSA) is 24.5 Å². The lowest BCUT2D eigenvalue weighted by molar-refractivity contribution is 0.185. The zero-order chi connectivity index (χ0) is 15.1. The molecule has 20 heavy (non-hydrogen) atoms. The fraction of sp³-hybridized carbons (Fsp3) is 0.647. The molecule has 1 rings (SSSR count). The third-order valence-corrected chi connectivity index (χ3v) is 4.26. The maximum Gasteiger partial charge on any atom is 0.118 e. The molecule has 0 saturated carbocycles. The van der Waals surface area contributed by atoms with E-state index in [4.69, 9.17) is 4.74 Å². The lowest BCUT2D eigenvalue weighted by Gasteiger charge is -2.33. The van der Waals surface area contributed by atoms with Crippen molar-refractivity contribution in [3.63, 3.8) is 0 Å². The van der Waals surface area contributed by atoms with Crippen LogP contribution in [0.5, 0.6) is 5.75 Å². The SMILES string of the molecule is CCC(C)CN(C)C(C)C(NC)c1ccc(OC)cc1. The van der Waals surface area contributed by atoms with Crippen LogP contribution in [0.25, 0.3) is 0 Å². The summed E-state index contributed by atoms with van der Waals surface area (Å²) in [6, 6.07) is 9.13. The Labute approximate surface area is 124 Å². The van der Waals surface area contributed by atoms with Gasteiger partial charge in [0.05, 0.1) is 7.11 Å². The van der Waals surface area contributed by atoms with E-state index in [9.17, 15) is 0 Å². The van der Waals surface area contributed by atoms with Crippen LogP contribution in [0, 0.1) is 5.92 Å². The molecule has 0 heterocycles. The Bertz CT molecular complexity index is 377. The van der Waals surface area contributed by atoms with Crippen LogP contribution < -0.4 is 10.1 Å². The highest BCUT2D eigenvalue weighted by Crippen LogP contribution is 2.23. The van der Waals surface area contributed by atoms with Crippen molar-refractivity contribution in [1.29, 1.82) is 0 Å². The second-order valence-electron chi connectivity index (χ2n) is 5.73.